The topological polar surface area (TPSA) is 79.0 Å². The molecular formula is C14H21N3O4S2. The van der Waals surface area contributed by atoms with E-state index in [1.807, 2.05) is 0 Å². The number of carbonyl (C=O) groups excluding carboxylic acids is 1. The normalized spacial score (nSPS) is 24.0. The van der Waals surface area contributed by atoms with Crippen LogP contribution in [0, 0.1) is 0 Å². The minimum Gasteiger partial charge on any atom is -0.465 e. The molecule has 128 valence electrons. The van der Waals surface area contributed by atoms with Crippen molar-refractivity contribution in [2.45, 2.75) is 17.4 Å². The SMILES string of the molecule is COC(=O)c1sccc1S(=O)(=O)N1CCC(N2CCNCC2)C1. The number of nitrogens with one attached hydrogen (secondary N) is 1. The highest BCUT2D eigenvalue weighted by Gasteiger charge is 2.37. The number of piperazine rings is 1. The summed E-state index contributed by atoms with van der Waals surface area (Å²) in [7, 11) is -2.39. The molecule has 3 heterocycles. The molecule has 0 radical (unpaired) electrons. The Hall–Kier alpha value is -1.00. The van der Waals surface area contributed by atoms with Gasteiger partial charge in [0, 0.05) is 45.3 Å². The van der Waals surface area contributed by atoms with Crippen LogP contribution in [0.5, 0.6) is 0 Å². The Balaban J connectivity index is 1.76. The van der Waals surface area contributed by atoms with Gasteiger partial charge in [-0.1, -0.05) is 0 Å². The first-order valence-electron chi connectivity index (χ1n) is 7.65. The van der Waals surface area contributed by atoms with Gasteiger partial charge in [0.2, 0.25) is 10.0 Å². The molecule has 1 aromatic rings. The van der Waals surface area contributed by atoms with Gasteiger partial charge in [0.05, 0.1) is 7.11 Å². The fourth-order valence-corrected chi connectivity index (χ4v) is 5.96. The van der Waals surface area contributed by atoms with Crippen LogP contribution in [-0.2, 0) is 14.8 Å². The molecule has 0 aliphatic carbocycles. The van der Waals surface area contributed by atoms with Gasteiger partial charge in [-0.2, -0.15) is 4.31 Å². The molecule has 7 nitrogen and oxygen atoms in total. The van der Waals surface area contributed by atoms with Crippen molar-refractivity contribution in [3.8, 4) is 0 Å². The van der Waals surface area contributed by atoms with Crippen LogP contribution in [0.15, 0.2) is 16.3 Å². The molecule has 0 spiro atoms. The van der Waals surface area contributed by atoms with E-state index in [1.165, 1.54) is 17.5 Å². The zero-order valence-electron chi connectivity index (χ0n) is 13.0. The molecule has 2 aliphatic heterocycles. The zero-order chi connectivity index (χ0) is 16.4. The molecule has 1 atom stereocenters. The van der Waals surface area contributed by atoms with Crippen LogP contribution >= 0.6 is 11.3 Å². The summed E-state index contributed by atoms with van der Waals surface area (Å²) in [6.45, 7) is 4.77. The highest BCUT2D eigenvalue weighted by molar-refractivity contribution is 7.89. The molecule has 0 amide bonds. The summed E-state index contributed by atoms with van der Waals surface area (Å²) in [5.74, 6) is -0.601. The summed E-state index contributed by atoms with van der Waals surface area (Å²) >= 11 is 1.10. The first-order valence-corrected chi connectivity index (χ1v) is 9.96. The summed E-state index contributed by atoms with van der Waals surface area (Å²) in [6, 6.07) is 1.75. The monoisotopic (exact) mass is 359 g/mol. The van der Waals surface area contributed by atoms with Crippen molar-refractivity contribution in [1.29, 1.82) is 0 Å². The van der Waals surface area contributed by atoms with E-state index in [0.717, 1.165) is 43.9 Å². The van der Waals surface area contributed by atoms with Crippen molar-refractivity contribution in [1.82, 2.24) is 14.5 Å². The van der Waals surface area contributed by atoms with Gasteiger partial charge in [0.1, 0.15) is 9.77 Å². The van der Waals surface area contributed by atoms with Gasteiger partial charge in [-0.25, -0.2) is 13.2 Å². The molecule has 23 heavy (non-hydrogen) atoms. The molecule has 0 bridgehead atoms. The standard InChI is InChI=1S/C14H21N3O4S2/c1-21-14(18)13-12(3-9-22-13)23(19,20)17-6-2-11(10-17)16-7-4-15-5-8-16/h3,9,11,15H,2,4-8,10H2,1H3. The predicted octanol–water partition coefficient (Wildman–Crippen LogP) is 0.203. The van der Waals surface area contributed by atoms with Crippen molar-refractivity contribution >= 4 is 27.3 Å². The fourth-order valence-electron chi connectivity index (χ4n) is 3.16. The van der Waals surface area contributed by atoms with Crippen LogP contribution in [0.1, 0.15) is 16.1 Å². The van der Waals surface area contributed by atoms with E-state index in [2.05, 4.69) is 15.0 Å². The molecule has 2 saturated heterocycles. The number of esters is 1. The largest absolute Gasteiger partial charge is 0.465 e. The lowest BCUT2D eigenvalue weighted by Crippen LogP contribution is -2.49. The number of methoxy groups -OCH3 is 1. The summed E-state index contributed by atoms with van der Waals surface area (Å²) in [5, 5.41) is 4.92. The van der Waals surface area contributed by atoms with Crippen LogP contribution < -0.4 is 5.32 Å². The summed E-state index contributed by atoms with van der Waals surface area (Å²) in [5.41, 5.74) is 0. The second-order valence-corrected chi connectivity index (χ2v) is 8.52. The number of carbonyl (C=O) groups is 1. The van der Waals surface area contributed by atoms with Crippen LogP contribution in [0.3, 0.4) is 0 Å². The van der Waals surface area contributed by atoms with Crippen LogP contribution in [-0.4, -0.2) is 76.0 Å². The number of nitrogens with zero attached hydrogens (tertiary/aromatic N) is 2. The minimum absolute atomic E-state index is 0.0651. The second-order valence-electron chi connectivity index (χ2n) is 5.70. The van der Waals surface area contributed by atoms with E-state index in [1.54, 1.807) is 5.38 Å². The highest BCUT2D eigenvalue weighted by Crippen LogP contribution is 2.29. The van der Waals surface area contributed by atoms with E-state index in [4.69, 9.17) is 0 Å². The molecule has 1 unspecified atom stereocenters. The molecule has 2 fully saturated rings. The average molecular weight is 359 g/mol. The van der Waals surface area contributed by atoms with Gasteiger partial charge in [-0.15, -0.1) is 11.3 Å². The highest BCUT2D eigenvalue weighted by atomic mass is 32.2. The van der Waals surface area contributed by atoms with Crippen molar-refractivity contribution in [3.63, 3.8) is 0 Å². The van der Waals surface area contributed by atoms with Gasteiger partial charge in [-0.3, -0.25) is 4.90 Å². The molecule has 0 saturated carbocycles. The Morgan fingerprint density at radius 3 is 2.78 bits per heavy atom. The Kier molecular flexibility index (Phi) is 5.02. The second kappa shape index (κ2) is 6.86. The number of hydrogen-bond acceptors (Lipinski definition) is 7. The molecule has 2 aliphatic rings. The quantitative estimate of drug-likeness (QED) is 0.774. The van der Waals surface area contributed by atoms with Crippen molar-refractivity contribution in [2.24, 2.45) is 0 Å². The van der Waals surface area contributed by atoms with E-state index in [0.29, 0.717) is 13.1 Å². The molecule has 1 N–H and O–H groups in total. The van der Waals surface area contributed by atoms with E-state index >= 15 is 0 Å². The van der Waals surface area contributed by atoms with Crippen LogP contribution in [0.25, 0.3) is 0 Å². The van der Waals surface area contributed by atoms with Crippen molar-refractivity contribution in [3.05, 3.63) is 16.3 Å². The lowest BCUT2D eigenvalue weighted by molar-refractivity contribution is 0.0602. The Labute approximate surface area is 140 Å². The molecule has 1 aromatic heterocycles. The third-order valence-electron chi connectivity index (χ3n) is 4.41. The lowest BCUT2D eigenvalue weighted by atomic mass is 10.2. The predicted molar refractivity (Wildman–Crippen MR) is 87.3 cm³/mol. The Morgan fingerprint density at radius 1 is 1.35 bits per heavy atom. The lowest BCUT2D eigenvalue weighted by Gasteiger charge is -2.32. The van der Waals surface area contributed by atoms with Gasteiger partial charge >= 0.3 is 5.97 Å². The van der Waals surface area contributed by atoms with Gasteiger partial charge in [0.25, 0.3) is 0 Å². The maximum absolute atomic E-state index is 12.9. The number of sulfonamides is 1. The van der Waals surface area contributed by atoms with Crippen molar-refractivity contribution in [2.75, 3.05) is 46.4 Å². The summed E-state index contributed by atoms with van der Waals surface area (Å²) in [4.78, 5) is 14.3. The van der Waals surface area contributed by atoms with Gasteiger partial charge in [-0.05, 0) is 17.9 Å². The smallest absolute Gasteiger partial charge is 0.349 e. The number of hydrogen-bond donors (Lipinski definition) is 1. The summed E-state index contributed by atoms with van der Waals surface area (Å²) < 4.78 is 31.9. The maximum atomic E-state index is 12.9. The van der Waals surface area contributed by atoms with Crippen LogP contribution in [0.2, 0.25) is 0 Å². The first-order chi connectivity index (χ1) is 11.0. The average Bonchev–Trinajstić information content (AvgIpc) is 3.24. The third kappa shape index (κ3) is 3.29. The molecular weight excluding hydrogens is 338 g/mol. The van der Waals surface area contributed by atoms with Crippen LogP contribution in [0.4, 0.5) is 0 Å². The number of thiophene rings is 1. The number of rotatable bonds is 4. The minimum atomic E-state index is -3.65. The summed E-state index contributed by atoms with van der Waals surface area (Å²) in [6.07, 6.45) is 0.830. The van der Waals surface area contributed by atoms with E-state index < -0.39 is 16.0 Å². The molecule has 0 aromatic carbocycles. The van der Waals surface area contributed by atoms with E-state index in [-0.39, 0.29) is 15.8 Å². The van der Waals surface area contributed by atoms with Crippen molar-refractivity contribution < 1.29 is 17.9 Å². The fraction of sp³-hybridized carbons (Fsp3) is 0.643. The Bertz CT molecular complexity index is 667. The first kappa shape index (κ1) is 16.8. The molecule has 9 heteroatoms. The molecule has 3 rings (SSSR count). The van der Waals surface area contributed by atoms with Gasteiger partial charge in [0.15, 0.2) is 0 Å². The number of ether oxygens (including phenoxy) is 1. The third-order valence-corrected chi connectivity index (χ3v) is 7.34. The zero-order valence-corrected chi connectivity index (χ0v) is 14.7. The Morgan fingerprint density at radius 2 is 2.09 bits per heavy atom. The maximum Gasteiger partial charge on any atom is 0.349 e. The van der Waals surface area contributed by atoms with E-state index in [9.17, 15) is 13.2 Å². The van der Waals surface area contributed by atoms with Gasteiger partial charge < -0.3 is 10.1 Å².